The molecule has 6 heteroatoms. The third-order valence-electron chi connectivity index (χ3n) is 5.51. The minimum absolute atomic E-state index is 0.0498. The van der Waals surface area contributed by atoms with Gasteiger partial charge in [-0.2, -0.15) is 0 Å². The fourth-order valence-corrected chi connectivity index (χ4v) is 3.86. The van der Waals surface area contributed by atoms with Crippen molar-refractivity contribution in [3.05, 3.63) is 59.7 Å². The molecule has 1 saturated heterocycles. The molecule has 0 amide bonds. The number of aliphatic hydroxyl groups excluding tert-OH is 1. The van der Waals surface area contributed by atoms with E-state index in [1.165, 1.54) is 12.5 Å². The number of hydrogen-bond acceptors (Lipinski definition) is 6. The van der Waals surface area contributed by atoms with Gasteiger partial charge in [-0.3, -0.25) is 9.69 Å². The van der Waals surface area contributed by atoms with Gasteiger partial charge in [0.25, 0.3) is 0 Å². The quantitative estimate of drug-likeness (QED) is 0.556. The molecule has 1 N–H and O–H groups in total. The molecule has 31 heavy (non-hydrogen) atoms. The summed E-state index contributed by atoms with van der Waals surface area (Å²) in [4.78, 5) is 16.1. The van der Waals surface area contributed by atoms with Gasteiger partial charge in [0, 0.05) is 46.0 Å². The van der Waals surface area contributed by atoms with E-state index >= 15 is 0 Å². The van der Waals surface area contributed by atoms with E-state index in [1.54, 1.807) is 12.1 Å². The van der Waals surface area contributed by atoms with Crippen molar-refractivity contribution in [3.8, 4) is 5.75 Å². The second kappa shape index (κ2) is 11.3. The van der Waals surface area contributed by atoms with Gasteiger partial charge in [0.1, 0.15) is 18.5 Å². The number of ether oxygens (including phenoxy) is 2. The molecular weight excluding hydrogens is 392 g/mol. The molecule has 0 spiro atoms. The highest BCUT2D eigenvalue weighted by molar-refractivity contribution is 5.96. The maximum atomic E-state index is 11.8. The van der Waals surface area contributed by atoms with Crippen LogP contribution in [0, 0.1) is 0 Å². The van der Waals surface area contributed by atoms with E-state index < -0.39 is 6.10 Å². The molecule has 2 unspecified atom stereocenters. The summed E-state index contributed by atoms with van der Waals surface area (Å²) in [7, 11) is 4.05. The lowest BCUT2D eigenvalue weighted by molar-refractivity contribution is 0.0312. The third kappa shape index (κ3) is 7.06. The summed E-state index contributed by atoms with van der Waals surface area (Å²) in [5, 5.41) is 10.7. The number of para-hydroxylation sites is 1. The number of hydrogen-bond donors (Lipinski definition) is 1. The predicted octanol–water partition coefficient (Wildman–Crippen LogP) is 3.38. The van der Waals surface area contributed by atoms with E-state index in [-0.39, 0.29) is 18.5 Å². The maximum Gasteiger partial charge on any atom is 0.163 e. The van der Waals surface area contributed by atoms with Crippen LogP contribution < -0.4 is 9.64 Å². The molecule has 1 aliphatic heterocycles. The Morgan fingerprint density at radius 2 is 1.94 bits per heavy atom. The van der Waals surface area contributed by atoms with Crippen molar-refractivity contribution in [1.82, 2.24) is 4.90 Å². The van der Waals surface area contributed by atoms with E-state index in [0.29, 0.717) is 17.9 Å². The molecule has 0 saturated carbocycles. The van der Waals surface area contributed by atoms with E-state index in [2.05, 4.69) is 34.1 Å². The number of carbonyl (C=O) groups excluding carboxylic acids is 1. The van der Waals surface area contributed by atoms with E-state index in [1.807, 2.05) is 26.2 Å². The molecular formula is C25H34N2O4. The van der Waals surface area contributed by atoms with E-state index in [0.717, 1.165) is 38.2 Å². The van der Waals surface area contributed by atoms with Crippen LogP contribution in [0.15, 0.2) is 48.5 Å². The highest BCUT2D eigenvalue weighted by Crippen LogP contribution is 2.20. The summed E-state index contributed by atoms with van der Waals surface area (Å²) in [5.74, 6) is 0.463. The standard InChI is InChI=1S/C25H34N2O4/c1-19(28)24-8-4-5-9-25(24)31-18-22(29)16-27(17-23-7-6-14-30-23)15-20-10-12-21(13-11-20)26(2)3/h4-5,8-13,22-23,29H,6-7,14-18H2,1-3H3. The van der Waals surface area contributed by atoms with Crippen molar-refractivity contribution >= 4 is 11.5 Å². The molecule has 0 aromatic heterocycles. The summed E-state index contributed by atoms with van der Waals surface area (Å²) >= 11 is 0. The number of Topliss-reactive ketones (excluding diaryl/α,β-unsaturated/α-hetero) is 1. The largest absolute Gasteiger partial charge is 0.490 e. The number of nitrogens with zero attached hydrogens (tertiary/aromatic N) is 2. The van der Waals surface area contributed by atoms with Gasteiger partial charge in [0.05, 0.1) is 11.7 Å². The third-order valence-corrected chi connectivity index (χ3v) is 5.51. The molecule has 2 aromatic carbocycles. The zero-order chi connectivity index (χ0) is 22.2. The molecule has 0 bridgehead atoms. The van der Waals surface area contributed by atoms with Gasteiger partial charge in [-0.05, 0) is 49.6 Å². The smallest absolute Gasteiger partial charge is 0.163 e. The average molecular weight is 427 g/mol. The number of ketones is 1. The number of rotatable bonds is 11. The van der Waals surface area contributed by atoms with Crippen molar-refractivity contribution < 1.29 is 19.4 Å². The summed E-state index contributed by atoms with van der Waals surface area (Å²) in [6, 6.07) is 15.6. The zero-order valence-corrected chi connectivity index (χ0v) is 18.8. The Morgan fingerprint density at radius 3 is 2.58 bits per heavy atom. The van der Waals surface area contributed by atoms with Crippen molar-refractivity contribution in [2.45, 2.75) is 38.5 Å². The number of aliphatic hydroxyl groups is 1. The second-order valence-electron chi connectivity index (χ2n) is 8.41. The van der Waals surface area contributed by atoms with Crippen molar-refractivity contribution in [3.63, 3.8) is 0 Å². The van der Waals surface area contributed by atoms with Gasteiger partial charge >= 0.3 is 0 Å². The first-order valence-electron chi connectivity index (χ1n) is 10.9. The number of carbonyl (C=O) groups is 1. The van der Waals surface area contributed by atoms with Crippen LogP contribution in [-0.4, -0.2) is 68.4 Å². The first kappa shape index (κ1) is 23.3. The SMILES string of the molecule is CC(=O)c1ccccc1OCC(O)CN(Cc1ccc(N(C)C)cc1)CC1CCCO1. The van der Waals surface area contributed by atoms with Gasteiger partial charge in [-0.25, -0.2) is 0 Å². The highest BCUT2D eigenvalue weighted by atomic mass is 16.5. The molecule has 0 radical (unpaired) electrons. The first-order chi connectivity index (χ1) is 14.9. The lowest BCUT2D eigenvalue weighted by Gasteiger charge is -2.28. The van der Waals surface area contributed by atoms with Crippen LogP contribution in [-0.2, 0) is 11.3 Å². The molecule has 1 fully saturated rings. The highest BCUT2D eigenvalue weighted by Gasteiger charge is 2.22. The van der Waals surface area contributed by atoms with E-state index in [9.17, 15) is 9.90 Å². The Bertz CT molecular complexity index is 832. The number of anilines is 1. The van der Waals surface area contributed by atoms with Gasteiger partial charge < -0.3 is 19.5 Å². The Balaban J connectivity index is 1.61. The van der Waals surface area contributed by atoms with Crippen molar-refractivity contribution in [1.29, 1.82) is 0 Å². The Hall–Kier alpha value is -2.41. The van der Waals surface area contributed by atoms with E-state index in [4.69, 9.17) is 9.47 Å². The van der Waals surface area contributed by atoms with Crippen LogP contribution in [0.25, 0.3) is 0 Å². The molecule has 2 aromatic rings. The van der Waals surface area contributed by atoms with Crippen LogP contribution in [0.1, 0.15) is 35.7 Å². The Labute approximate surface area is 185 Å². The average Bonchev–Trinajstić information content (AvgIpc) is 3.25. The lowest BCUT2D eigenvalue weighted by Crippen LogP contribution is -2.39. The molecule has 6 nitrogen and oxygen atoms in total. The fraction of sp³-hybridized carbons (Fsp3) is 0.480. The minimum atomic E-state index is -0.678. The Kier molecular flexibility index (Phi) is 8.46. The van der Waals surface area contributed by atoms with Gasteiger partial charge in [0.15, 0.2) is 5.78 Å². The maximum absolute atomic E-state index is 11.8. The molecule has 3 rings (SSSR count). The summed E-state index contributed by atoms with van der Waals surface area (Å²) in [6.07, 6.45) is 1.66. The molecule has 2 atom stereocenters. The fourth-order valence-electron chi connectivity index (χ4n) is 3.86. The van der Waals surface area contributed by atoms with Crippen LogP contribution >= 0.6 is 0 Å². The first-order valence-corrected chi connectivity index (χ1v) is 10.9. The van der Waals surface area contributed by atoms with Crippen LogP contribution in [0.5, 0.6) is 5.75 Å². The van der Waals surface area contributed by atoms with Gasteiger partial charge in [-0.15, -0.1) is 0 Å². The zero-order valence-electron chi connectivity index (χ0n) is 18.8. The monoisotopic (exact) mass is 426 g/mol. The second-order valence-corrected chi connectivity index (χ2v) is 8.41. The van der Waals surface area contributed by atoms with Crippen LogP contribution in [0.3, 0.4) is 0 Å². The van der Waals surface area contributed by atoms with Crippen LogP contribution in [0.4, 0.5) is 5.69 Å². The summed E-state index contributed by atoms with van der Waals surface area (Å²) < 4.78 is 11.6. The van der Waals surface area contributed by atoms with Gasteiger partial charge in [-0.1, -0.05) is 24.3 Å². The van der Waals surface area contributed by atoms with Crippen molar-refractivity contribution in [2.75, 3.05) is 45.3 Å². The summed E-state index contributed by atoms with van der Waals surface area (Å²) in [5.41, 5.74) is 2.89. The molecule has 168 valence electrons. The van der Waals surface area contributed by atoms with Gasteiger partial charge in [0.2, 0.25) is 0 Å². The predicted molar refractivity (Wildman–Crippen MR) is 123 cm³/mol. The minimum Gasteiger partial charge on any atom is -0.490 e. The normalized spacial score (nSPS) is 17.0. The topological polar surface area (TPSA) is 62.2 Å². The molecule has 0 aliphatic carbocycles. The van der Waals surface area contributed by atoms with Crippen molar-refractivity contribution in [2.24, 2.45) is 0 Å². The number of benzene rings is 2. The molecule has 1 aliphatic rings. The van der Waals surface area contributed by atoms with Crippen LogP contribution in [0.2, 0.25) is 0 Å². The molecule has 1 heterocycles. The summed E-state index contributed by atoms with van der Waals surface area (Å²) in [6.45, 7) is 4.43. The Morgan fingerprint density at radius 1 is 1.19 bits per heavy atom. The lowest BCUT2D eigenvalue weighted by atomic mass is 10.1.